The van der Waals surface area contributed by atoms with Crippen LogP contribution in [0.4, 0.5) is 0 Å². The lowest BCUT2D eigenvalue weighted by atomic mass is 9.88. The zero-order valence-corrected chi connectivity index (χ0v) is 14.6. The molecule has 5 heteroatoms. The molecular formula is C17H21N3S2. The standard InChI is InChI=1S/C17H21N3S2/c1-13(17-11-21-12-18-17)5-6-15(16-7-10-22-19-16)14(2)20-8-3-4-9-20/h3-4,7-15H,5-6H2,1-2H3. The Balaban J connectivity index is 1.72. The van der Waals surface area contributed by atoms with Gasteiger partial charge in [0.05, 0.1) is 16.9 Å². The molecule has 3 aromatic rings. The second-order valence-corrected chi connectivity index (χ2v) is 7.18. The van der Waals surface area contributed by atoms with Gasteiger partial charge in [0.1, 0.15) is 0 Å². The monoisotopic (exact) mass is 331 g/mol. The molecule has 0 aromatic carbocycles. The molecule has 0 aliphatic carbocycles. The first-order valence-electron chi connectivity index (χ1n) is 7.66. The number of aromatic nitrogens is 3. The number of hydrogen-bond acceptors (Lipinski definition) is 4. The van der Waals surface area contributed by atoms with Crippen LogP contribution in [-0.2, 0) is 0 Å². The average Bonchev–Trinajstić information content (AvgIpc) is 3.27. The molecule has 3 atom stereocenters. The van der Waals surface area contributed by atoms with Gasteiger partial charge in [-0.05, 0) is 55.4 Å². The lowest BCUT2D eigenvalue weighted by molar-refractivity contribution is 0.398. The van der Waals surface area contributed by atoms with Crippen molar-refractivity contribution in [3.05, 3.63) is 58.3 Å². The lowest BCUT2D eigenvalue weighted by Crippen LogP contribution is -2.15. The Labute approximate surface area is 139 Å². The van der Waals surface area contributed by atoms with Crippen LogP contribution in [-0.4, -0.2) is 13.9 Å². The Hall–Kier alpha value is -1.46. The summed E-state index contributed by atoms with van der Waals surface area (Å²) in [6.07, 6.45) is 6.56. The highest BCUT2D eigenvalue weighted by Gasteiger charge is 2.23. The van der Waals surface area contributed by atoms with Crippen molar-refractivity contribution in [2.24, 2.45) is 0 Å². The van der Waals surface area contributed by atoms with Crippen molar-refractivity contribution in [1.29, 1.82) is 0 Å². The van der Waals surface area contributed by atoms with E-state index in [4.69, 9.17) is 0 Å². The third-order valence-electron chi connectivity index (χ3n) is 4.38. The van der Waals surface area contributed by atoms with E-state index in [0.29, 0.717) is 17.9 Å². The first-order valence-corrected chi connectivity index (χ1v) is 9.44. The molecule has 0 aliphatic rings. The van der Waals surface area contributed by atoms with Crippen LogP contribution in [0.15, 0.2) is 46.9 Å². The van der Waals surface area contributed by atoms with Gasteiger partial charge in [0.15, 0.2) is 0 Å². The SMILES string of the molecule is CC(CCC(c1ccsn1)C(C)n1cccc1)c1cscn1. The Morgan fingerprint density at radius 3 is 2.59 bits per heavy atom. The van der Waals surface area contributed by atoms with Gasteiger partial charge < -0.3 is 4.57 Å². The summed E-state index contributed by atoms with van der Waals surface area (Å²) in [5.41, 5.74) is 4.36. The summed E-state index contributed by atoms with van der Waals surface area (Å²) in [5.74, 6) is 0.948. The number of rotatable bonds is 7. The van der Waals surface area contributed by atoms with Crippen LogP contribution in [0.2, 0.25) is 0 Å². The fourth-order valence-electron chi connectivity index (χ4n) is 2.92. The van der Waals surface area contributed by atoms with E-state index in [1.807, 2.05) is 5.51 Å². The molecule has 0 N–H and O–H groups in total. The molecule has 3 unspecified atom stereocenters. The molecule has 0 bridgehead atoms. The molecule has 22 heavy (non-hydrogen) atoms. The van der Waals surface area contributed by atoms with E-state index in [9.17, 15) is 0 Å². The van der Waals surface area contributed by atoms with Gasteiger partial charge in [-0.3, -0.25) is 0 Å². The van der Waals surface area contributed by atoms with Gasteiger partial charge in [-0.15, -0.1) is 11.3 Å². The van der Waals surface area contributed by atoms with Crippen LogP contribution in [0, 0.1) is 0 Å². The number of nitrogens with zero attached hydrogens (tertiary/aromatic N) is 3. The average molecular weight is 332 g/mol. The molecule has 116 valence electrons. The largest absolute Gasteiger partial charge is 0.351 e. The van der Waals surface area contributed by atoms with Crippen LogP contribution in [0.5, 0.6) is 0 Å². The van der Waals surface area contributed by atoms with Crippen molar-refractivity contribution in [1.82, 2.24) is 13.9 Å². The Kier molecular flexibility index (Phi) is 5.05. The van der Waals surface area contributed by atoms with Crippen molar-refractivity contribution >= 4 is 22.9 Å². The van der Waals surface area contributed by atoms with Crippen molar-refractivity contribution < 1.29 is 0 Å². The van der Waals surface area contributed by atoms with Crippen molar-refractivity contribution in [2.75, 3.05) is 0 Å². The molecule has 0 spiro atoms. The van der Waals surface area contributed by atoms with E-state index < -0.39 is 0 Å². The second kappa shape index (κ2) is 7.20. The first kappa shape index (κ1) is 15.4. The normalized spacial score (nSPS) is 15.5. The predicted octanol–water partition coefficient (Wildman–Crippen LogP) is 5.33. The van der Waals surface area contributed by atoms with Crippen molar-refractivity contribution in [3.8, 4) is 0 Å². The topological polar surface area (TPSA) is 30.7 Å². The quantitative estimate of drug-likeness (QED) is 0.586. The summed E-state index contributed by atoms with van der Waals surface area (Å²) >= 11 is 3.22. The second-order valence-electron chi connectivity index (χ2n) is 5.79. The summed E-state index contributed by atoms with van der Waals surface area (Å²) < 4.78 is 6.89. The minimum Gasteiger partial charge on any atom is -0.351 e. The molecule has 0 saturated heterocycles. The summed E-state index contributed by atoms with van der Waals surface area (Å²) in [7, 11) is 0. The van der Waals surface area contributed by atoms with Crippen LogP contribution >= 0.6 is 22.9 Å². The smallest absolute Gasteiger partial charge is 0.0794 e. The Bertz CT molecular complexity index is 644. The summed E-state index contributed by atoms with van der Waals surface area (Å²) in [6, 6.07) is 6.77. The van der Waals surface area contributed by atoms with E-state index in [-0.39, 0.29) is 0 Å². The molecule has 3 rings (SSSR count). The van der Waals surface area contributed by atoms with E-state index in [1.165, 1.54) is 11.4 Å². The first-order chi connectivity index (χ1) is 10.8. The van der Waals surface area contributed by atoms with E-state index in [1.54, 1.807) is 22.9 Å². The van der Waals surface area contributed by atoms with Crippen LogP contribution < -0.4 is 0 Å². The minimum atomic E-state index is 0.416. The molecule has 0 fully saturated rings. The molecular weight excluding hydrogens is 310 g/mol. The van der Waals surface area contributed by atoms with Gasteiger partial charge in [0.25, 0.3) is 0 Å². The summed E-state index contributed by atoms with van der Waals surface area (Å²) in [6.45, 7) is 4.56. The van der Waals surface area contributed by atoms with Crippen LogP contribution in [0.1, 0.15) is 56.0 Å². The lowest BCUT2D eigenvalue weighted by Gasteiger charge is -2.25. The highest BCUT2D eigenvalue weighted by atomic mass is 32.1. The third-order valence-corrected chi connectivity index (χ3v) is 5.56. The van der Waals surface area contributed by atoms with Gasteiger partial charge in [0.2, 0.25) is 0 Å². The van der Waals surface area contributed by atoms with Gasteiger partial charge in [0, 0.05) is 35.1 Å². The maximum absolute atomic E-state index is 4.60. The zero-order chi connectivity index (χ0) is 15.4. The van der Waals surface area contributed by atoms with Gasteiger partial charge >= 0.3 is 0 Å². The van der Waals surface area contributed by atoms with Crippen molar-refractivity contribution in [3.63, 3.8) is 0 Å². The zero-order valence-electron chi connectivity index (χ0n) is 12.9. The molecule has 0 aliphatic heterocycles. The maximum atomic E-state index is 4.60. The van der Waals surface area contributed by atoms with Gasteiger partial charge in [-0.2, -0.15) is 4.37 Å². The predicted molar refractivity (Wildman–Crippen MR) is 93.8 cm³/mol. The number of hydrogen-bond donors (Lipinski definition) is 0. The van der Waals surface area contributed by atoms with E-state index in [2.05, 4.69) is 69.1 Å². The highest BCUT2D eigenvalue weighted by molar-refractivity contribution is 7.07. The third kappa shape index (κ3) is 3.47. The molecule has 3 aromatic heterocycles. The highest BCUT2D eigenvalue weighted by Crippen LogP contribution is 2.35. The van der Waals surface area contributed by atoms with Crippen LogP contribution in [0.25, 0.3) is 0 Å². The molecule has 0 amide bonds. The molecule has 0 radical (unpaired) electrons. The van der Waals surface area contributed by atoms with E-state index >= 15 is 0 Å². The Morgan fingerprint density at radius 2 is 1.95 bits per heavy atom. The fraction of sp³-hybridized carbons (Fsp3) is 0.412. The summed E-state index contributed by atoms with van der Waals surface area (Å²) in [4.78, 5) is 4.45. The van der Waals surface area contributed by atoms with Crippen molar-refractivity contribution in [2.45, 2.75) is 44.6 Å². The summed E-state index contributed by atoms with van der Waals surface area (Å²) in [5, 5.41) is 4.24. The van der Waals surface area contributed by atoms with Gasteiger partial charge in [-0.25, -0.2) is 4.98 Å². The maximum Gasteiger partial charge on any atom is 0.0794 e. The molecule has 3 heterocycles. The number of thiazole rings is 1. The fourth-order valence-corrected chi connectivity index (χ4v) is 4.17. The minimum absolute atomic E-state index is 0.416. The molecule has 0 saturated carbocycles. The van der Waals surface area contributed by atoms with Gasteiger partial charge in [-0.1, -0.05) is 6.92 Å². The van der Waals surface area contributed by atoms with E-state index in [0.717, 1.165) is 12.8 Å². The molecule has 3 nitrogen and oxygen atoms in total. The Morgan fingerprint density at radius 1 is 1.14 bits per heavy atom. The van der Waals surface area contributed by atoms with Crippen LogP contribution in [0.3, 0.4) is 0 Å².